The largest absolute Gasteiger partial charge is 0.349 e. The predicted octanol–water partition coefficient (Wildman–Crippen LogP) is 3.41. The van der Waals surface area contributed by atoms with E-state index < -0.39 is 10.0 Å². The minimum absolute atomic E-state index is 0.0933. The second-order valence-electron chi connectivity index (χ2n) is 7.27. The van der Waals surface area contributed by atoms with Gasteiger partial charge in [0.1, 0.15) is 5.82 Å². The van der Waals surface area contributed by atoms with Gasteiger partial charge in [0.2, 0.25) is 15.9 Å². The van der Waals surface area contributed by atoms with Crippen molar-refractivity contribution in [2.75, 3.05) is 13.1 Å². The summed E-state index contributed by atoms with van der Waals surface area (Å²) >= 11 is 0. The normalized spacial score (nSPS) is 17.2. The number of rotatable bonds is 5. The molecule has 5 nitrogen and oxygen atoms in total. The highest BCUT2D eigenvalue weighted by atomic mass is 32.2. The summed E-state index contributed by atoms with van der Waals surface area (Å²) in [7, 11) is -3.53. The Kier molecular flexibility index (Phi) is 6.15. The van der Waals surface area contributed by atoms with Crippen molar-refractivity contribution in [2.45, 2.75) is 37.6 Å². The Labute approximate surface area is 165 Å². The van der Waals surface area contributed by atoms with Gasteiger partial charge >= 0.3 is 0 Å². The molecule has 0 spiro atoms. The van der Waals surface area contributed by atoms with Gasteiger partial charge in [0, 0.05) is 19.0 Å². The van der Waals surface area contributed by atoms with E-state index in [1.165, 1.54) is 16.4 Å². The summed E-state index contributed by atoms with van der Waals surface area (Å²) < 4.78 is 40.0. The van der Waals surface area contributed by atoms with E-state index >= 15 is 0 Å². The Hall–Kier alpha value is -2.25. The van der Waals surface area contributed by atoms with E-state index in [1.807, 2.05) is 13.8 Å². The summed E-state index contributed by atoms with van der Waals surface area (Å²) in [4.78, 5) is 12.8. The number of aryl methyl sites for hydroxylation is 1. The van der Waals surface area contributed by atoms with Crippen molar-refractivity contribution in [1.82, 2.24) is 9.62 Å². The van der Waals surface area contributed by atoms with Crippen molar-refractivity contribution < 1.29 is 17.6 Å². The van der Waals surface area contributed by atoms with Gasteiger partial charge in [-0.05, 0) is 56.5 Å². The van der Waals surface area contributed by atoms with E-state index in [0.717, 1.165) is 11.1 Å². The fraction of sp³-hybridized carbons (Fsp3) is 0.381. The lowest BCUT2D eigenvalue weighted by atomic mass is 9.96. The van der Waals surface area contributed by atoms with Crippen LogP contribution in [0.4, 0.5) is 4.39 Å². The van der Waals surface area contributed by atoms with E-state index in [0.29, 0.717) is 25.9 Å². The zero-order valence-electron chi connectivity index (χ0n) is 16.1. The van der Waals surface area contributed by atoms with Gasteiger partial charge < -0.3 is 5.32 Å². The molecule has 0 bridgehead atoms. The Morgan fingerprint density at radius 1 is 1.07 bits per heavy atom. The molecule has 2 aromatic carbocycles. The third-order valence-electron chi connectivity index (χ3n) is 5.21. The third kappa shape index (κ3) is 4.59. The van der Waals surface area contributed by atoms with Crippen LogP contribution in [0.3, 0.4) is 0 Å². The molecule has 1 fully saturated rings. The number of benzene rings is 2. The first kappa shape index (κ1) is 20.5. The number of nitrogens with one attached hydrogen (secondary N) is 1. The lowest BCUT2D eigenvalue weighted by Crippen LogP contribution is -2.43. The molecular formula is C21H25FN2O3S. The molecule has 3 rings (SSSR count). The quantitative estimate of drug-likeness (QED) is 0.830. The van der Waals surface area contributed by atoms with Gasteiger partial charge in [-0.2, -0.15) is 4.31 Å². The highest BCUT2D eigenvalue weighted by Gasteiger charge is 2.32. The molecule has 0 aliphatic carbocycles. The van der Waals surface area contributed by atoms with Gasteiger partial charge in [0.15, 0.2) is 0 Å². The van der Waals surface area contributed by atoms with Gasteiger partial charge in [0.05, 0.1) is 10.9 Å². The van der Waals surface area contributed by atoms with Crippen molar-refractivity contribution in [1.29, 1.82) is 0 Å². The second-order valence-corrected chi connectivity index (χ2v) is 9.21. The number of sulfonamides is 1. The highest BCUT2D eigenvalue weighted by Crippen LogP contribution is 2.25. The van der Waals surface area contributed by atoms with Crippen molar-refractivity contribution >= 4 is 15.9 Å². The highest BCUT2D eigenvalue weighted by molar-refractivity contribution is 7.89. The molecule has 1 atom stereocenters. The van der Waals surface area contributed by atoms with Crippen LogP contribution in [0.25, 0.3) is 0 Å². The Balaban J connectivity index is 1.57. The van der Waals surface area contributed by atoms with E-state index in [2.05, 4.69) is 5.32 Å². The summed E-state index contributed by atoms with van der Waals surface area (Å²) in [5.74, 6) is -0.638. The number of carbonyl (C=O) groups is 1. The van der Waals surface area contributed by atoms with Gasteiger partial charge in [-0.15, -0.1) is 0 Å². The Bertz CT molecular complexity index is 919. The summed E-state index contributed by atoms with van der Waals surface area (Å²) in [5.41, 5.74) is 1.83. The molecule has 150 valence electrons. The average Bonchev–Trinajstić information content (AvgIpc) is 2.69. The number of hydrogen-bond donors (Lipinski definition) is 1. The molecule has 0 aromatic heterocycles. The van der Waals surface area contributed by atoms with Crippen LogP contribution in [0.15, 0.2) is 53.4 Å². The SMILES string of the molecule is Cc1ccc(S(=O)(=O)N2CCC(C(=O)NC(C)c3ccc(F)cc3)CC2)cc1. The number of carbonyl (C=O) groups excluding carboxylic acids is 1. The molecule has 1 aliphatic rings. The molecule has 1 unspecified atom stereocenters. The summed E-state index contributed by atoms with van der Waals surface area (Å²) in [6.45, 7) is 4.40. The van der Waals surface area contributed by atoms with Crippen LogP contribution in [-0.4, -0.2) is 31.7 Å². The molecule has 7 heteroatoms. The molecule has 1 amide bonds. The van der Waals surface area contributed by atoms with Crippen LogP contribution in [0, 0.1) is 18.7 Å². The number of amides is 1. The number of piperidine rings is 1. The van der Waals surface area contributed by atoms with Gasteiger partial charge in [-0.3, -0.25) is 4.79 Å². The number of hydrogen-bond acceptors (Lipinski definition) is 3. The molecule has 1 saturated heterocycles. The van der Waals surface area contributed by atoms with E-state index in [-0.39, 0.29) is 28.6 Å². The maximum Gasteiger partial charge on any atom is 0.243 e. The first-order valence-corrected chi connectivity index (χ1v) is 10.8. The van der Waals surface area contributed by atoms with Gasteiger partial charge in [-0.1, -0.05) is 29.8 Å². The van der Waals surface area contributed by atoms with Gasteiger partial charge in [-0.25, -0.2) is 12.8 Å². The molecule has 0 saturated carbocycles. The number of halogens is 1. The Morgan fingerprint density at radius 2 is 1.64 bits per heavy atom. The molecule has 2 aromatic rings. The van der Waals surface area contributed by atoms with Gasteiger partial charge in [0.25, 0.3) is 0 Å². The monoisotopic (exact) mass is 404 g/mol. The topological polar surface area (TPSA) is 66.5 Å². The maximum absolute atomic E-state index is 13.0. The Morgan fingerprint density at radius 3 is 2.21 bits per heavy atom. The zero-order valence-corrected chi connectivity index (χ0v) is 16.9. The molecule has 0 radical (unpaired) electrons. The van der Waals surface area contributed by atoms with Crippen LogP contribution in [0.2, 0.25) is 0 Å². The lowest BCUT2D eigenvalue weighted by molar-refractivity contribution is -0.126. The molecule has 1 heterocycles. The lowest BCUT2D eigenvalue weighted by Gasteiger charge is -2.31. The minimum atomic E-state index is -3.53. The third-order valence-corrected chi connectivity index (χ3v) is 7.13. The van der Waals surface area contributed by atoms with Crippen LogP contribution in [0.5, 0.6) is 0 Å². The molecule has 1 aliphatic heterocycles. The second kappa shape index (κ2) is 8.41. The maximum atomic E-state index is 13.0. The van der Waals surface area contributed by atoms with E-state index in [4.69, 9.17) is 0 Å². The molecular weight excluding hydrogens is 379 g/mol. The summed E-state index contributed by atoms with van der Waals surface area (Å²) in [5, 5.41) is 2.95. The van der Waals surface area contributed by atoms with Crippen LogP contribution in [0.1, 0.15) is 36.9 Å². The first-order chi connectivity index (χ1) is 13.3. The number of nitrogens with zero attached hydrogens (tertiary/aromatic N) is 1. The fourth-order valence-corrected chi connectivity index (χ4v) is 4.85. The van der Waals surface area contributed by atoms with Crippen LogP contribution >= 0.6 is 0 Å². The zero-order chi connectivity index (χ0) is 20.3. The molecule has 28 heavy (non-hydrogen) atoms. The van der Waals surface area contributed by atoms with E-state index in [1.54, 1.807) is 36.4 Å². The van der Waals surface area contributed by atoms with E-state index in [9.17, 15) is 17.6 Å². The van der Waals surface area contributed by atoms with Crippen molar-refractivity contribution in [2.24, 2.45) is 5.92 Å². The van der Waals surface area contributed by atoms with Crippen molar-refractivity contribution in [3.05, 3.63) is 65.5 Å². The van der Waals surface area contributed by atoms with Crippen molar-refractivity contribution in [3.63, 3.8) is 0 Å². The summed E-state index contributed by atoms with van der Waals surface area (Å²) in [6, 6.07) is 12.6. The van der Waals surface area contributed by atoms with Crippen molar-refractivity contribution in [3.8, 4) is 0 Å². The average molecular weight is 405 g/mol. The summed E-state index contributed by atoms with van der Waals surface area (Å²) in [6.07, 6.45) is 0.958. The minimum Gasteiger partial charge on any atom is -0.349 e. The predicted molar refractivity (Wildman–Crippen MR) is 106 cm³/mol. The van der Waals surface area contributed by atoms with Crippen LogP contribution in [-0.2, 0) is 14.8 Å². The molecule has 1 N–H and O–H groups in total. The first-order valence-electron chi connectivity index (χ1n) is 9.40. The van der Waals surface area contributed by atoms with Crippen LogP contribution < -0.4 is 5.32 Å². The fourth-order valence-electron chi connectivity index (χ4n) is 3.38. The smallest absolute Gasteiger partial charge is 0.243 e. The standard InChI is InChI=1S/C21H25FN2O3S/c1-15-3-9-20(10-4-15)28(26,27)24-13-11-18(12-14-24)21(25)23-16(2)17-5-7-19(22)8-6-17/h3-10,16,18H,11-14H2,1-2H3,(H,23,25).